The number of nitriles is 1. The number of hydrogen-bond acceptors (Lipinski definition) is 9. The van der Waals surface area contributed by atoms with Crippen LogP contribution in [0.1, 0.15) is 65.0 Å². The van der Waals surface area contributed by atoms with Gasteiger partial charge in [0.15, 0.2) is 10.9 Å². The quantitative estimate of drug-likeness (QED) is 0.0790. The molecule has 1 aromatic heterocycles. The second-order valence-electron chi connectivity index (χ2n) is 14.2. The molecule has 0 spiro atoms. The van der Waals surface area contributed by atoms with Gasteiger partial charge in [0.05, 0.1) is 58.2 Å². The number of imide groups is 2. The number of anilines is 3. The predicted octanol–water partition coefficient (Wildman–Crippen LogP) is 6.45. The number of thiocarbonyl (C=S) groups is 1. The van der Waals surface area contributed by atoms with Gasteiger partial charge in [-0.25, -0.2) is 4.39 Å². The highest BCUT2D eigenvalue weighted by atomic mass is 32.1. The molecule has 2 N–H and O–H groups in total. The molecule has 0 saturated carbocycles. The highest BCUT2D eigenvalue weighted by molar-refractivity contribution is 7.80. The van der Waals surface area contributed by atoms with Crippen molar-refractivity contribution in [2.45, 2.75) is 50.9 Å². The van der Waals surface area contributed by atoms with Gasteiger partial charge in [-0.1, -0.05) is 6.07 Å². The lowest BCUT2D eigenvalue weighted by Gasteiger charge is -2.31. The average molecular weight is 800 g/mol. The van der Waals surface area contributed by atoms with Crippen LogP contribution >= 0.6 is 12.2 Å². The fraction of sp³-hybridized carbons (Fsp3) is 0.275. The third-order valence-electron chi connectivity index (χ3n) is 9.92. The third kappa shape index (κ3) is 7.24. The van der Waals surface area contributed by atoms with Crippen molar-refractivity contribution in [1.29, 1.82) is 5.26 Å². The summed E-state index contributed by atoms with van der Waals surface area (Å²) >= 11 is 5.66. The lowest BCUT2D eigenvalue weighted by molar-refractivity contribution is -0.140. The number of benzene rings is 3. The summed E-state index contributed by atoms with van der Waals surface area (Å²) < 4.78 is 62.4. The van der Waals surface area contributed by atoms with Crippen LogP contribution in [0.4, 0.5) is 34.6 Å². The van der Waals surface area contributed by atoms with E-state index in [0.717, 1.165) is 22.6 Å². The van der Waals surface area contributed by atoms with E-state index in [1.165, 1.54) is 17.0 Å². The van der Waals surface area contributed by atoms with Crippen LogP contribution in [0.15, 0.2) is 72.9 Å². The molecule has 3 aliphatic rings. The summed E-state index contributed by atoms with van der Waals surface area (Å²) in [5, 5.41) is 14.6. The standard InChI is InChI=1S/C40H33F4N7O5S/c1-39(2)21-49(29-14-9-23(19-45)33(34(29)41)40(42,43)44)38(57)51(39)24-10-13-27(47-20-24)22-7-11-25(12-8-22)56-18-4-17-46-28-6-3-5-26-32(28)37(55)50(36(26)54)30-15-16-31(52)48-35(30)53/h3,5-14,20,30,46H,4,15-18,21H2,1-2H3,(H,48,52,53). The van der Waals surface area contributed by atoms with E-state index in [0.29, 0.717) is 42.4 Å². The van der Waals surface area contributed by atoms with Gasteiger partial charge in [0, 0.05) is 30.8 Å². The minimum atomic E-state index is -5.08. The summed E-state index contributed by atoms with van der Waals surface area (Å²) in [4.78, 5) is 58.9. The van der Waals surface area contributed by atoms with Crippen molar-refractivity contribution >= 4 is 58.0 Å². The molecule has 0 aliphatic carbocycles. The number of carbonyl (C=O) groups is 4. The van der Waals surface area contributed by atoms with Crippen LogP contribution in [0.25, 0.3) is 11.3 Å². The first-order valence-electron chi connectivity index (χ1n) is 17.8. The number of ether oxygens (including phenoxy) is 1. The van der Waals surface area contributed by atoms with Crippen LogP contribution in [-0.2, 0) is 15.8 Å². The van der Waals surface area contributed by atoms with Crippen LogP contribution in [0, 0.1) is 17.1 Å². The highest BCUT2D eigenvalue weighted by Crippen LogP contribution is 2.41. The number of amides is 4. The summed E-state index contributed by atoms with van der Waals surface area (Å²) in [5.74, 6) is -3.25. The fourth-order valence-electron chi connectivity index (χ4n) is 7.26. The molecule has 4 heterocycles. The minimum absolute atomic E-state index is 0.0337. The van der Waals surface area contributed by atoms with Gasteiger partial charge in [-0.2, -0.15) is 18.4 Å². The van der Waals surface area contributed by atoms with Crippen molar-refractivity contribution in [3.05, 3.63) is 101 Å². The Morgan fingerprint density at radius 2 is 1.79 bits per heavy atom. The van der Waals surface area contributed by atoms with E-state index < -0.39 is 58.3 Å². The molecule has 0 radical (unpaired) electrons. The molecular formula is C40H33F4N7O5S. The Kier molecular flexibility index (Phi) is 10.2. The Balaban J connectivity index is 0.946. The molecule has 2 saturated heterocycles. The van der Waals surface area contributed by atoms with Crippen LogP contribution in [0.2, 0.25) is 0 Å². The van der Waals surface area contributed by atoms with Crippen molar-refractivity contribution in [3.8, 4) is 23.1 Å². The number of fused-ring (bicyclic) bond motifs is 1. The Morgan fingerprint density at radius 1 is 1.04 bits per heavy atom. The number of halogens is 4. The number of aromatic nitrogens is 1. The number of rotatable bonds is 10. The first-order chi connectivity index (χ1) is 27.1. The molecule has 17 heteroatoms. The topological polar surface area (TPSA) is 148 Å². The molecule has 57 heavy (non-hydrogen) atoms. The summed E-state index contributed by atoms with van der Waals surface area (Å²) in [7, 11) is 0. The van der Waals surface area contributed by atoms with Gasteiger partial charge in [-0.3, -0.25) is 34.4 Å². The van der Waals surface area contributed by atoms with Gasteiger partial charge in [0.1, 0.15) is 17.4 Å². The zero-order valence-corrected chi connectivity index (χ0v) is 31.3. The second kappa shape index (κ2) is 14.9. The Morgan fingerprint density at radius 3 is 2.46 bits per heavy atom. The Labute approximate surface area is 329 Å². The van der Waals surface area contributed by atoms with E-state index in [4.69, 9.17) is 22.2 Å². The molecule has 3 aromatic carbocycles. The SMILES string of the molecule is CC1(C)CN(c2ccc(C#N)c(C(F)(F)F)c2F)C(=S)N1c1ccc(-c2ccc(OCCCNc3cccc4c3C(=O)N(C3CCC(=O)NC3=O)C4=O)cc2)nc1. The maximum absolute atomic E-state index is 15.3. The summed E-state index contributed by atoms with van der Waals surface area (Å²) in [5.41, 5.74) is -0.796. The zero-order chi connectivity index (χ0) is 40.8. The van der Waals surface area contributed by atoms with Crippen molar-refractivity contribution in [3.63, 3.8) is 0 Å². The smallest absolute Gasteiger partial charge is 0.420 e. The molecule has 1 atom stereocenters. The number of hydrogen-bond donors (Lipinski definition) is 2. The lowest BCUT2D eigenvalue weighted by atomic mass is 10.0. The largest absolute Gasteiger partial charge is 0.494 e. The molecule has 1 unspecified atom stereocenters. The minimum Gasteiger partial charge on any atom is -0.494 e. The van der Waals surface area contributed by atoms with Crippen molar-refractivity contribution < 1.29 is 41.5 Å². The van der Waals surface area contributed by atoms with E-state index in [2.05, 4.69) is 15.6 Å². The first-order valence-corrected chi connectivity index (χ1v) is 18.2. The van der Waals surface area contributed by atoms with Gasteiger partial charge in [0.25, 0.3) is 11.8 Å². The van der Waals surface area contributed by atoms with Gasteiger partial charge in [0.2, 0.25) is 11.8 Å². The number of nitrogens with one attached hydrogen (secondary N) is 2. The van der Waals surface area contributed by atoms with Crippen LogP contribution < -0.4 is 25.2 Å². The number of nitrogens with zero attached hydrogens (tertiary/aromatic N) is 5. The van der Waals surface area contributed by atoms with Gasteiger partial charge >= 0.3 is 6.18 Å². The molecular weight excluding hydrogens is 767 g/mol. The molecule has 292 valence electrons. The molecule has 4 aromatic rings. The normalized spacial score (nSPS) is 17.8. The van der Waals surface area contributed by atoms with Crippen LogP contribution in [0.5, 0.6) is 5.75 Å². The number of carbonyl (C=O) groups excluding carboxylic acids is 4. The van der Waals surface area contributed by atoms with Crippen LogP contribution in [-0.4, -0.2) is 69.9 Å². The van der Waals surface area contributed by atoms with Crippen molar-refractivity contribution in [1.82, 2.24) is 15.2 Å². The van der Waals surface area contributed by atoms with Gasteiger partial charge in [-0.15, -0.1) is 0 Å². The summed E-state index contributed by atoms with van der Waals surface area (Å²) in [6.45, 7) is 4.46. The molecule has 4 amide bonds. The molecule has 2 fully saturated rings. The molecule has 3 aliphatic heterocycles. The first kappa shape index (κ1) is 38.8. The van der Waals surface area contributed by atoms with Gasteiger partial charge in [-0.05, 0) is 99.6 Å². The fourth-order valence-corrected chi connectivity index (χ4v) is 7.77. The van der Waals surface area contributed by atoms with E-state index in [1.54, 1.807) is 47.5 Å². The maximum Gasteiger partial charge on any atom is 0.420 e. The molecule has 12 nitrogen and oxygen atoms in total. The Hall–Kier alpha value is -6.41. The van der Waals surface area contributed by atoms with Gasteiger partial charge < -0.3 is 19.9 Å². The van der Waals surface area contributed by atoms with Crippen LogP contribution in [0.3, 0.4) is 0 Å². The van der Waals surface area contributed by atoms with E-state index in [9.17, 15) is 32.3 Å². The average Bonchev–Trinajstić information content (AvgIpc) is 3.57. The lowest BCUT2D eigenvalue weighted by Crippen LogP contribution is -2.54. The van der Waals surface area contributed by atoms with Crippen molar-refractivity contribution in [2.24, 2.45) is 0 Å². The van der Waals surface area contributed by atoms with E-state index in [1.807, 2.05) is 26.0 Å². The molecule has 0 bridgehead atoms. The monoisotopic (exact) mass is 799 g/mol. The Bertz CT molecular complexity index is 2360. The summed E-state index contributed by atoms with van der Waals surface area (Å²) in [6.07, 6.45) is -2.85. The second-order valence-corrected chi connectivity index (χ2v) is 14.5. The highest BCUT2D eigenvalue weighted by Gasteiger charge is 2.47. The number of alkyl halides is 3. The number of piperidine rings is 1. The predicted molar refractivity (Wildman–Crippen MR) is 204 cm³/mol. The van der Waals surface area contributed by atoms with E-state index >= 15 is 4.39 Å². The number of pyridine rings is 1. The maximum atomic E-state index is 15.3. The van der Waals surface area contributed by atoms with Crippen molar-refractivity contribution in [2.75, 3.05) is 34.8 Å². The third-order valence-corrected chi connectivity index (χ3v) is 10.3. The zero-order valence-electron chi connectivity index (χ0n) is 30.4. The molecule has 7 rings (SSSR count). The van der Waals surface area contributed by atoms with E-state index in [-0.39, 0.29) is 41.3 Å². The summed E-state index contributed by atoms with van der Waals surface area (Å²) in [6, 6.07) is 18.1.